The van der Waals surface area contributed by atoms with Crippen molar-refractivity contribution in [2.24, 2.45) is 0 Å². The number of carbonyl (C=O) groups is 1. The molecule has 8 nitrogen and oxygen atoms in total. The van der Waals surface area contributed by atoms with Crippen LogP contribution in [-0.4, -0.2) is 46.5 Å². The fraction of sp³-hybridized carbons (Fsp3) is 0.214. The number of halogens is 3. The number of carbonyl (C=O) groups excluding carboxylic acids is 1. The van der Waals surface area contributed by atoms with Crippen LogP contribution in [0.15, 0.2) is 71.5 Å². The molecule has 0 N–H and O–H groups in total. The molecule has 0 spiro atoms. The topological polar surface area (TPSA) is 88.7 Å². The molecule has 1 fully saturated rings. The summed E-state index contributed by atoms with van der Waals surface area (Å²) >= 11 is 12.2. The summed E-state index contributed by atoms with van der Waals surface area (Å²) in [5.74, 6) is -0.591. The second-order valence-corrected chi connectivity index (χ2v) is 9.79. The minimum atomic E-state index is -0.774. The van der Waals surface area contributed by atoms with Gasteiger partial charge >= 0.3 is 11.2 Å². The van der Waals surface area contributed by atoms with Gasteiger partial charge in [-0.25, -0.2) is 4.39 Å². The molecule has 1 aromatic heterocycles. The fourth-order valence-corrected chi connectivity index (χ4v) is 5.02. The quantitative estimate of drug-likeness (QED) is 0.217. The Bertz CT molecular complexity index is 1600. The number of amides is 1. The highest BCUT2D eigenvalue weighted by molar-refractivity contribution is 6.31. The highest BCUT2D eigenvalue weighted by Crippen LogP contribution is 2.36. The lowest BCUT2D eigenvalue weighted by Gasteiger charge is -2.36. The molecule has 39 heavy (non-hydrogen) atoms. The number of pyridine rings is 1. The zero-order valence-corrected chi connectivity index (χ0v) is 21.5. The number of piperazine rings is 1. The summed E-state index contributed by atoms with van der Waals surface area (Å²) in [5, 5.41) is 13.6. The van der Waals surface area contributed by atoms with Crippen LogP contribution >= 0.6 is 23.2 Å². The smallest absolute Gasteiger partial charge is 0.357 e. The Labute approximate surface area is 233 Å². The first-order valence-corrected chi connectivity index (χ1v) is 12.5. The lowest BCUT2D eigenvalue weighted by molar-refractivity contribution is -0.385. The molecule has 0 radical (unpaired) electrons. The number of benzene rings is 3. The molecule has 4 aromatic rings. The predicted molar refractivity (Wildman–Crippen MR) is 152 cm³/mol. The second-order valence-electron chi connectivity index (χ2n) is 8.92. The van der Waals surface area contributed by atoms with E-state index in [1.807, 2.05) is 0 Å². The summed E-state index contributed by atoms with van der Waals surface area (Å²) in [6, 6.07) is 17.1. The Morgan fingerprint density at radius 3 is 2.15 bits per heavy atom. The largest absolute Gasteiger partial charge is 0.362 e. The van der Waals surface area contributed by atoms with Gasteiger partial charge in [-0.05, 0) is 60.2 Å². The zero-order chi connectivity index (χ0) is 27.0. The molecule has 202 valence electrons. The van der Waals surface area contributed by atoms with Crippen molar-refractivity contribution in [3.63, 3.8) is 0 Å². The van der Waals surface area contributed by atoms with Gasteiger partial charge in [0.05, 0.1) is 17.0 Å². The molecule has 0 saturated carbocycles. The van der Waals surface area contributed by atoms with Gasteiger partial charge in [-0.3, -0.25) is 24.3 Å². The van der Waals surface area contributed by atoms with Crippen LogP contribution in [0.4, 0.5) is 15.8 Å². The van der Waals surface area contributed by atoms with Gasteiger partial charge in [-0.1, -0.05) is 42.8 Å². The lowest BCUT2D eigenvalue weighted by Crippen LogP contribution is -2.49. The lowest BCUT2D eigenvalue weighted by atomic mass is 10.1. The Morgan fingerprint density at radius 2 is 1.54 bits per heavy atom. The molecule has 11 heteroatoms. The van der Waals surface area contributed by atoms with Crippen molar-refractivity contribution in [1.82, 2.24) is 9.47 Å². The number of rotatable bonds is 5. The Morgan fingerprint density at radius 1 is 0.923 bits per heavy atom. The molecule has 0 aliphatic carbocycles. The van der Waals surface area contributed by atoms with E-state index in [4.69, 9.17) is 23.2 Å². The normalized spacial score (nSPS) is 13.3. The van der Waals surface area contributed by atoms with Crippen molar-refractivity contribution >= 4 is 51.4 Å². The maximum atomic E-state index is 13.5. The van der Waals surface area contributed by atoms with E-state index >= 15 is 0 Å². The number of fused-ring (bicyclic) bond motifs is 1. The van der Waals surface area contributed by atoms with Crippen molar-refractivity contribution in [1.29, 1.82) is 0 Å². The van der Waals surface area contributed by atoms with Crippen LogP contribution in [0.5, 0.6) is 0 Å². The molecule has 2 heterocycles. The van der Waals surface area contributed by atoms with Crippen LogP contribution in [0.3, 0.4) is 0 Å². The third-order valence-electron chi connectivity index (χ3n) is 6.59. The molecular weight excluding hydrogens is 546 g/mol. The zero-order valence-electron chi connectivity index (χ0n) is 19.9. The number of nitro groups is 1. The van der Waals surface area contributed by atoms with Crippen molar-refractivity contribution in [3.8, 4) is 0 Å². The summed E-state index contributed by atoms with van der Waals surface area (Å²) < 4.78 is 14.7. The fourth-order valence-electron chi connectivity index (χ4n) is 4.72. The van der Waals surface area contributed by atoms with Crippen molar-refractivity contribution < 1.29 is 14.1 Å². The van der Waals surface area contributed by atoms with Gasteiger partial charge < -0.3 is 9.80 Å². The Balaban J connectivity index is 0.00000353. The van der Waals surface area contributed by atoms with Crippen LogP contribution in [0.1, 0.15) is 23.3 Å². The summed E-state index contributed by atoms with van der Waals surface area (Å²) in [5.41, 5.74) is 0.397. The van der Waals surface area contributed by atoms with Crippen molar-refractivity contribution in [3.05, 3.63) is 114 Å². The van der Waals surface area contributed by atoms with E-state index in [1.54, 1.807) is 52.3 Å². The maximum Gasteiger partial charge on any atom is 0.357 e. The number of nitrogens with zero attached hydrogens (tertiary/aromatic N) is 4. The first kappa shape index (κ1) is 28.1. The summed E-state index contributed by atoms with van der Waals surface area (Å²) in [6.45, 7) is 1.19. The first-order chi connectivity index (χ1) is 18.2. The van der Waals surface area contributed by atoms with Gasteiger partial charge in [0.15, 0.2) is 0 Å². The molecule has 1 aliphatic rings. The summed E-state index contributed by atoms with van der Waals surface area (Å²) in [4.78, 5) is 41.5. The van der Waals surface area contributed by atoms with Gasteiger partial charge in [-0.2, -0.15) is 0 Å². The van der Waals surface area contributed by atoms with E-state index < -0.39 is 22.0 Å². The third-order valence-corrected chi connectivity index (χ3v) is 7.07. The van der Waals surface area contributed by atoms with Crippen LogP contribution in [0.2, 0.25) is 10.0 Å². The predicted octanol–water partition coefficient (Wildman–Crippen LogP) is 6.00. The van der Waals surface area contributed by atoms with Gasteiger partial charge in [0, 0.05) is 47.2 Å². The monoisotopic (exact) mass is 570 g/mol. The molecule has 1 aliphatic heterocycles. The van der Waals surface area contributed by atoms with Crippen LogP contribution in [-0.2, 0) is 6.54 Å². The molecule has 0 atom stereocenters. The van der Waals surface area contributed by atoms with Gasteiger partial charge in [-0.15, -0.1) is 0 Å². The second kappa shape index (κ2) is 11.4. The van der Waals surface area contributed by atoms with Crippen molar-refractivity contribution in [2.75, 3.05) is 31.1 Å². The van der Waals surface area contributed by atoms with E-state index in [2.05, 4.69) is 0 Å². The molecular formula is C28H25Cl2FN4O4. The molecule has 0 bridgehead atoms. The third kappa shape index (κ3) is 5.60. The van der Waals surface area contributed by atoms with Crippen molar-refractivity contribution in [2.45, 2.75) is 14.0 Å². The minimum absolute atomic E-state index is 0. The van der Waals surface area contributed by atoms with Crippen LogP contribution < -0.4 is 10.5 Å². The average molecular weight is 571 g/mol. The van der Waals surface area contributed by atoms with E-state index in [9.17, 15) is 24.1 Å². The summed E-state index contributed by atoms with van der Waals surface area (Å²) in [6.07, 6.45) is 0. The highest BCUT2D eigenvalue weighted by atomic mass is 35.5. The molecule has 5 rings (SSSR count). The molecule has 1 saturated heterocycles. The number of hydrogen-bond acceptors (Lipinski definition) is 5. The minimum Gasteiger partial charge on any atom is -0.362 e. The first-order valence-electron chi connectivity index (χ1n) is 11.8. The SMILES string of the molecule is C.O=C(c1ccc(Cl)cc1)N1CCN(c2c([N+](=O)[O-])c(=O)n(Cc3ccc(F)cc3)c3ccc(Cl)cc23)CC1. The van der Waals surface area contributed by atoms with E-state index in [1.165, 1.54) is 28.8 Å². The standard InChI is InChI=1S/C27H21Cl2FN4O4.CH4/c28-19-5-3-18(4-6-19)26(35)32-13-11-31(12-14-32)24-22-15-20(29)7-10-23(22)33(27(36)25(24)34(37)38)16-17-1-8-21(30)9-2-17;/h1-10,15H,11-14,16H2;1H4. The Hall–Kier alpha value is -3.95. The van der Waals surface area contributed by atoms with Crippen LogP contribution in [0.25, 0.3) is 10.9 Å². The van der Waals surface area contributed by atoms with Gasteiger partial charge in [0.1, 0.15) is 11.5 Å². The van der Waals surface area contributed by atoms with Gasteiger partial charge in [0.25, 0.3) is 5.91 Å². The number of hydrogen-bond donors (Lipinski definition) is 0. The molecule has 0 unspecified atom stereocenters. The average Bonchev–Trinajstić information content (AvgIpc) is 2.91. The molecule has 1 amide bonds. The van der Waals surface area contributed by atoms with Gasteiger partial charge in [0.2, 0.25) is 0 Å². The van der Waals surface area contributed by atoms with E-state index in [0.29, 0.717) is 45.2 Å². The van der Waals surface area contributed by atoms with Crippen LogP contribution in [0, 0.1) is 15.9 Å². The Kier molecular flexibility index (Phi) is 8.22. The number of aromatic nitrogens is 1. The van der Waals surface area contributed by atoms with E-state index in [-0.39, 0.29) is 38.7 Å². The number of anilines is 1. The maximum absolute atomic E-state index is 13.5. The highest BCUT2D eigenvalue weighted by Gasteiger charge is 2.32. The van der Waals surface area contributed by atoms with E-state index in [0.717, 1.165) is 0 Å². The summed E-state index contributed by atoms with van der Waals surface area (Å²) in [7, 11) is 0. The molecule has 3 aromatic carbocycles.